The van der Waals surface area contributed by atoms with E-state index >= 15 is 0 Å². The van der Waals surface area contributed by atoms with E-state index in [-0.39, 0.29) is 17.4 Å². The molecule has 0 radical (unpaired) electrons. The number of aromatic nitrogens is 4. The topological polar surface area (TPSA) is 110 Å². The zero-order valence-electron chi connectivity index (χ0n) is 17.9. The Bertz CT molecular complexity index is 1490. The number of carbonyl (C=O) groups excluding carboxylic acids is 1. The average Bonchev–Trinajstić information content (AvgIpc) is 3.45. The van der Waals surface area contributed by atoms with E-state index in [1.165, 1.54) is 11.8 Å². The highest BCUT2D eigenvalue weighted by atomic mass is 32.2. The Kier molecular flexibility index (Phi) is 6.05. The molecule has 5 rings (SSSR count). The summed E-state index contributed by atoms with van der Waals surface area (Å²) in [6, 6.07) is 23.0. The van der Waals surface area contributed by atoms with Gasteiger partial charge in [0.05, 0.1) is 12.3 Å². The smallest absolute Gasteiger partial charge is 0.234 e. The van der Waals surface area contributed by atoms with Crippen molar-refractivity contribution in [3.8, 4) is 17.5 Å². The minimum absolute atomic E-state index is 0.0757. The number of carbonyl (C=O) groups is 1. The Labute approximate surface area is 199 Å². The fraction of sp³-hybridized carbons (Fsp3) is 0.0800. The second-order valence-electron chi connectivity index (χ2n) is 7.36. The van der Waals surface area contributed by atoms with Crippen LogP contribution in [-0.2, 0) is 11.3 Å². The number of thioether (sulfide) groups is 1. The number of nitriles is 1. The third-order valence-corrected chi connectivity index (χ3v) is 6.10. The molecule has 5 aromatic rings. The zero-order chi connectivity index (χ0) is 23.3. The van der Waals surface area contributed by atoms with Gasteiger partial charge in [-0.2, -0.15) is 5.26 Å². The zero-order valence-corrected chi connectivity index (χ0v) is 18.7. The van der Waals surface area contributed by atoms with Gasteiger partial charge in [0.15, 0.2) is 11.0 Å². The summed E-state index contributed by atoms with van der Waals surface area (Å²) < 4.78 is 7.52. The summed E-state index contributed by atoms with van der Waals surface area (Å²) in [7, 11) is 0. The van der Waals surface area contributed by atoms with Crippen molar-refractivity contribution in [2.75, 3.05) is 11.1 Å². The lowest BCUT2D eigenvalue weighted by Gasteiger charge is -2.10. The highest BCUT2D eigenvalue weighted by Crippen LogP contribution is 2.31. The minimum Gasteiger partial charge on any atom is -0.443 e. The van der Waals surface area contributed by atoms with E-state index < -0.39 is 0 Å². The Morgan fingerprint density at radius 3 is 2.59 bits per heavy atom. The average molecular weight is 467 g/mol. The molecule has 3 aromatic heterocycles. The van der Waals surface area contributed by atoms with E-state index in [1.54, 1.807) is 24.5 Å². The molecule has 0 aliphatic rings. The number of fused-ring (bicyclic) bond motifs is 1. The van der Waals surface area contributed by atoms with Gasteiger partial charge in [0.25, 0.3) is 0 Å². The fourth-order valence-electron chi connectivity index (χ4n) is 3.57. The molecule has 1 N–H and O–H groups in total. The first-order chi connectivity index (χ1) is 16.7. The molecule has 9 heteroatoms. The van der Waals surface area contributed by atoms with Crippen LogP contribution >= 0.6 is 11.8 Å². The van der Waals surface area contributed by atoms with Gasteiger partial charge >= 0.3 is 0 Å². The van der Waals surface area contributed by atoms with Gasteiger partial charge in [-0.25, -0.2) is 0 Å². The summed E-state index contributed by atoms with van der Waals surface area (Å²) in [5, 5.41) is 22.2. The summed E-state index contributed by atoms with van der Waals surface area (Å²) in [4.78, 5) is 16.9. The largest absolute Gasteiger partial charge is 0.443 e. The van der Waals surface area contributed by atoms with E-state index in [0.717, 1.165) is 11.1 Å². The molecule has 0 aliphatic heterocycles. The standard InChI is InChI=1S/C25H18N6O2S/c26-14-21-23(19-8-4-5-9-20(19)33-21)28-22(32)16-34-25-30-29-24(18-10-12-27-13-11-18)31(25)15-17-6-2-1-3-7-17/h1-13H,15-16H2,(H,28,32). The first-order valence-corrected chi connectivity index (χ1v) is 11.4. The summed E-state index contributed by atoms with van der Waals surface area (Å²) >= 11 is 1.28. The summed E-state index contributed by atoms with van der Waals surface area (Å²) in [5.41, 5.74) is 2.91. The van der Waals surface area contributed by atoms with Crippen molar-refractivity contribution in [2.45, 2.75) is 11.7 Å². The Morgan fingerprint density at radius 2 is 1.79 bits per heavy atom. The molecule has 0 saturated carbocycles. The van der Waals surface area contributed by atoms with Crippen LogP contribution in [0.1, 0.15) is 11.3 Å². The fourth-order valence-corrected chi connectivity index (χ4v) is 4.31. The maximum Gasteiger partial charge on any atom is 0.234 e. The van der Waals surface area contributed by atoms with Crippen LogP contribution in [0.25, 0.3) is 22.4 Å². The maximum absolute atomic E-state index is 12.8. The molecule has 2 aromatic carbocycles. The van der Waals surface area contributed by atoms with Crippen molar-refractivity contribution in [2.24, 2.45) is 0 Å². The number of hydrogen-bond acceptors (Lipinski definition) is 7. The molecule has 3 heterocycles. The third kappa shape index (κ3) is 4.40. The van der Waals surface area contributed by atoms with Crippen molar-refractivity contribution in [1.29, 1.82) is 5.26 Å². The van der Waals surface area contributed by atoms with E-state index in [0.29, 0.717) is 34.2 Å². The summed E-state index contributed by atoms with van der Waals surface area (Å²) in [6.07, 6.45) is 3.41. The quantitative estimate of drug-likeness (QED) is 0.345. The number of amides is 1. The van der Waals surface area contributed by atoms with E-state index in [1.807, 2.05) is 65.2 Å². The molecule has 0 fully saturated rings. The number of nitrogens with one attached hydrogen (secondary N) is 1. The van der Waals surface area contributed by atoms with Gasteiger partial charge in [0, 0.05) is 23.3 Å². The van der Waals surface area contributed by atoms with Crippen molar-refractivity contribution < 1.29 is 9.21 Å². The number of hydrogen-bond donors (Lipinski definition) is 1. The predicted molar refractivity (Wildman–Crippen MR) is 129 cm³/mol. The van der Waals surface area contributed by atoms with Crippen LogP contribution < -0.4 is 5.32 Å². The van der Waals surface area contributed by atoms with Crippen LogP contribution in [0.2, 0.25) is 0 Å². The normalized spacial score (nSPS) is 10.8. The van der Waals surface area contributed by atoms with Crippen LogP contribution in [0, 0.1) is 11.3 Å². The Morgan fingerprint density at radius 1 is 1.03 bits per heavy atom. The minimum atomic E-state index is -0.271. The molecule has 1 amide bonds. The number of nitrogens with zero attached hydrogens (tertiary/aromatic N) is 5. The van der Waals surface area contributed by atoms with Crippen molar-refractivity contribution in [3.05, 3.63) is 90.4 Å². The lowest BCUT2D eigenvalue weighted by Crippen LogP contribution is -2.15. The molecule has 0 saturated heterocycles. The van der Waals surface area contributed by atoms with Gasteiger partial charge < -0.3 is 9.73 Å². The van der Waals surface area contributed by atoms with Crippen LogP contribution in [-0.4, -0.2) is 31.4 Å². The number of anilines is 1. The molecule has 0 spiro atoms. The molecule has 0 unspecified atom stereocenters. The van der Waals surface area contributed by atoms with Crippen LogP contribution in [0.5, 0.6) is 0 Å². The van der Waals surface area contributed by atoms with E-state index in [2.05, 4.69) is 20.5 Å². The van der Waals surface area contributed by atoms with E-state index in [4.69, 9.17) is 4.42 Å². The molecular formula is C25H18N6O2S. The highest BCUT2D eigenvalue weighted by Gasteiger charge is 2.19. The predicted octanol–water partition coefficient (Wildman–Crippen LogP) is 4.74. The van der Waals surface area contributed by atoms with Crippen molar-refractivity contribution in [3.63, 3.8) is 0 Å². The van der Waals surface area contributed by atoms with Gasteiger partial charge in [-0.15, -0.1) is 10.2 Å². The maximum atomic E-state index is 12.8. The van der Waals surface area contributed by atoms with Gasteiger partial charge in [-0.1, -0.05) is 54.2 Å². The third-order valence-electron chi connectivity index (χ3n) is 5.13. The van der Waals surface area contributed by atoms with Gasteiger partial charge in [0.1, 0.15) is 17.3 Å². The van der Waals surface area contributed by atoms with Gasteiger partial charge in [-0.3, -0.25) is 14.3 Å². The summed E-state index contributed by atoms with van der Waals surface area (Å²) in [5.74, 6) is 0.592. The Hall–Kier alpha value is -4.42. The van der Waals surface area contributed by atoms with Crippen LogP contribution in [0.4, 0.5) is 5.69 Å². The van der Waals surface area contributed by atoms with Gasteiger partial charge in [0.2, 0.25) is 11.7 Å². The summed E-state index contributed by atoms with van der Waals surface area (Å²) in [6.45, 7) is 0.556. The Balaban J connectivity index is 1.38. The van der Waals surface area contributed by atoms with Crippen LogP contribution in [0.15, 0.2) is 88.7 Å². The first-order valence-electron chi connectivity index (χ1n) is 10.4. The number of rotatable bonds is 7. The number of para-hydroxylation sites is 1. The lowest BCUT2D eigenvalue weighted by atomic mass is 10.2. The molecule has 0 bridgehead atoms. The number of benzene rings is 2. The first kappa shape index (κ1) is 21.4. The van der Waals surface area contributed by atoms with E-state index in [9.17, 15) is 10.1 Å². The molecule has 0 atom stereocenters. The second-order valence-corrected chi connectivity index (χ2v) is 8.31. The SMILES string of the molecule is N#Cc1oc2ccccc2c1NC(=O)CSc1nnc(-c2ccncc2)n1Cc1ccccc1. The highest BCUT2D eigenvalue weighted by molar-refractivity contribution is 7.99. The molecule has 8 nitrogen and oxygen atoms in total. The van der Waals surface area contributed by atoms with Crippen molar-refractivity contribution >= 4 is 34.3 Å². The second kappa shape index (κ2) is 9.60. The molecule has 0 aliphatic carbocycles. The molecular weight excluding hydrogens is 448 g/mol. The van der Waals surface area contributed by atoms with Gasteiger partial charge in [-0.05, 0) is 29.8 Å². The molecule has 166 valence electrons. The van der Waals surface area contributed by atoms with Crippen molar-refractivity contribution in [1.82, 2.24) is 19.7 Å². The number of pyridine rings is 1. The van der Waals surface area contributed by atoms with Crippen LogP contribution in [0.3, 0.4) is 0 Å². The molecule has 34 heavy (non-hydrogen) atoms. The number of furan rings is 1. The lowest BCUT2D eigenvalue weighted by molar-refractivity contribution is -0.113. The monoisotopic (exact) mass is 466 g/mol.